The Kier molecular flexibility index (Phi) is 4.02. The van der Waals surface area contributed by atoms with E-state index < -0.39 is 22.9 Å². The number of nitrogens with zero attached hydrogens (tertiary/aromatic N) is 2. The number of rotatable bonds is 3. The number of aliphatic hydroxyl groups is 1. The molecule has 0 bridgehead atoms. The fraction of sp³-hybridized carbons (Fsp3) is 0.480. The second-order valence-corrected chi connectivity index (χ2v) is 9.92. The summed E-state index contributed by atoms with van der Waals surface area (Å²) in [6.45, 7) is 1.36. The van der Waals surface area contributed by atoms with Crippen LogP contribution in [0.15, 0.2) is 42.5 Å². The van der Waals surface area contributed by atoms with Crippen LogP contribution >= 0.6 is 0 Å². The Morgan fingerprint density at radius 1 is 1.03 bits per heavy atom. The van der Waals surface area contributed by atoms with Crippen molar-refractivity contribution in [3.63, 3.8) is 0 Å². The molecule has 1 spiro atoms. The molecule has 7 heteroatoms. The highest BCUT2D eigenvalue weighted by Gasteiger charge is 2.80. The molecule has 2 heterocycles. The number of fused-ring (bicyclic) bond motifs is 1. The Bertz CT molecular complexity index is 1090. The van der Waals surface area contributed by atoms with E-state index in [9.17, 15) is 9.90 Å². The molecule has 0 aromatic heterocycles. The Morgan fingerprint density at radius 2 is 1.69 bits per heavy atom. The van der Waals surface area contributed by atoms with E-state index in [1.165, 1.54) is 0 Å². The predicted molar refractivity (Wildman–Crippen MR) is 119 cm³/mol. The molecule has 2 N–H and O–H groups in total. The molecule has 6 rings (SSSR count). The molecule has 1 saturated heterocycles. The van der Waals surface area contributed by atoms with Gasteiger partial charge < -0.3 is 20.2 Å². The summed E-state index contributed by atoms with van der Waals surface area (Å²) >= 11 is 0. The second kappa shape index (κ2) is 6.44. The zero-order valence-corrected chi connectivity index (χ0v) is 18.1. The van der Waals surface area contributed by atoms with Gasteiger partial charge in [0.1, 0.15) is 5.60 Å². The minimum atomic E-state index is -2.76. The van der Waals surface area contributed by atoms with Crippen molar-refractivity contribution in [3.8, 4) is 11.1 Å². The number of carbonyl (C=O) groups excluding carboxylic acids is 1. The maximum absolute atomic E-state index is 15.0. The summed E-state index contributed by atoms with van der Waals surface area (Å²) in [5.41, 5.74) is 2.67. The lowest BCUT2D eigenvalue weighted by atomic mass is 9.87. The molecule has 1 atom stereocenters. The first kappa shape index (κ1) is 20.0. The van der Waals surface area contributed by atoms with Crippen LogP contribution in [0.4, 0.5) is 20.2 Å². The molecule has 1 amide bonds. The minimum Gasteiger partial charge on any atom is -0.380 e. The van der Waals surface area contributed by atoms with Gasteiger partial charge in [-0.05, 0) is 54.5 Å². The highest BCUT2D eigenvalue weighted by atomic mass is 19.3. The van der Waals surface area contributed by atoms with E-state index in [1.807, 2.05) is 31.3 Å². The standard InChI is InChI=1S/C25H27F2N3O2/c1-29-15-28-19-14-18(6-7-20(19)29)16-2-4-17(5-3-16)21-23(25(21,26)27)10-12-30(13-11-23)22(31)24(32)8-9-24/h2-7,14,21,28,32H,8-13,15H2,1H3/t21-/m0/s1. The van der Waals surface area contributed by atoms with Crippen LogP contribution in [0.2, 0.25) is 0 Å². The first-order valence-corrected chi connectivity index (χ1v) is 11.3. The van der Waals surface area contributed by atoms with Crippen molar-refractivity contribution >= 4 is 17.3 Å². The second-order valence-electron chi connectivity index (χ2n) is 9.92. The number of likely N-dealkylation sites (tertiary alicyclic amines) is 1. The monoisotopic (exact) mass is 439 g/mol. The number of amides is 1. The van der Waals surface area contributed by atoms with Crippen LogP contribution in [0.25, 0.3) is 11.1 Å². The van der Waals surface area contributed by atoms with Gasteiger partial charge >= 0.3 is 0 Å². The molecule has 168 valence electrons. The van der Waals surface area contributed by atoms with Crippen molar-refractivity contribution in [2.24, 2.45) is 5.41 Å². The smallest absolute Gasteiger partial charge is 0.262 e. The van der Waals surface area contributed by atoms with E-state index in [0.717, 1.165) is 29.2 Å². The SMILES string of the molecule is CN1CNc2cc(-c3ccc([C@@H]4C(F)(F)C45CCN(C(=O)C4(O)CC4)CC5)cc3)ccc21. The van der Waals surface area contributed by atoms with Gasteiger partial charge in [0.25, 0.3) is 11.8 Å². The van der Waals surface area contributed by atoms with Crippen LogP contribution in [0.3, 0.4) is 0 Å². The van der Waals surface area contributed by atoms with Gasteiger partial charge in [-0.1, -0.05) is 30.3 Å². The zero-order valence-electron chi connectivity index (χ0n) is 18.1. The van der Waals surface area contributed by atoms with E-state index in [0.29, 0.717) is 31.5 Å². The number of alkyl halides is 2. The lowest BCUT2D eigenvalue weighted by Gasteiger charge is -2.34. The van der Waals surface area contributed by atoms with Crippen LogP contribution in [-0.2, 0) is 4.79 Å². The summed E-state index contributed by atoms with van der Waals surface area (Å²) in [6, 6.07) is 13.8. The van der Waals surface area contributed by atoms with Crippen molar-refractivity contribution in [1.29, 1.82) is 0 Å². The van der Waals surface area contributed by atoms with Gasteiger partial charge in [-0.15, -0.1) is 0 Å². The molecule has 2 aliphatic heterocycles. The Labute approximate surface area is 186 Å². The molecule has 0 unspecified atom stereocenters. The van der Waals surface area contributed by atoms with Gasteiger partial charge in [0.05, 0.1) is 29.4 Å². The van der Waals surface area contributed by atoms with E-state index >= 15 is 8.78 Å². The topological polar surface area (TPSA) is 55.8 Å². The Hall–Kier alpha value is -2.67. The van der Waals surface area contributed by atoms with Gasteiger partial charge in [-0.2, -0.15) is 0 Å². The van der Waals surface area contributed by atoms with Gasteiger partial charge in [0, 0.05) is 20.1 Å². The maximum Gasteiger partial charge on any atom is 0.262 e. The van der Waals surface area contributed by atoms with Crippen LogP contribution in [0, 0.1) is 5.41 Å². The van der Waals surface area contributed by atoms with Crippen molar-refractivity contribution in [1.82, 2.24) is 4.90 Å². The number of carbonyl (C=O) groups is 1. The number of piperidine rings is 1. The molecular formula is C25H27F2N3O2. The van der Waals surface area contributed by atoms with E-state index in [2.05, 4.69) is 28.4 Å². The van der Waals surface area contributed by atoms with Crippen molar-refractivity contribution in [2.75, 3.05) is 37.0 Å². The molecule has 32 heavy (non-hydrogen) atoms. The third-order valence-corrected chi connectivity index (χ3v) is 8.05. The number of anilines is 2. The number of hydrogen-bond donors (Lipinski definition) is 2. The molecule has 2 saturated carbocycles. The highest BCUT2D eigenvalue weighted by Crippen LogP contribution is 2.75. The maximum atomic E-state index is 15.0. The largest absolute Gasteiger partial charge is 0.380 e. The van der Waals surface area contributed by atoms with Gasteiger partial charge in [0.2, 0.25) is 0 Å². The fourth-order valence-electron chi connectivity index (χ4n) is 5.74. The Balaban J connectivity index is 1.19. The minimum absolute atomic E-state index is 0.276. The van der Waals surface area contributed by atoms with E-state index in [1.54, 1.807) is 4.90 Å². The van der Waals surface area contributed by atoms with Gasteiger partial charge in [0.15, 0.2) is 0 Å². The Morgan fingerprint density at radius 3 is 2.34 bits per heavy atom. The van der Waals surface area contributed by atoms with Gasteiger partial charge in [-0.3, -0.25) is 4.79 Å². The van der Waals surface area contributed by atoms with Crippen LogP contribution < -0.4 is 10.2 Å². The summed E-state index contributed by atoms with van der Waals surface area (Å²) in [7, 11) is 2.03. The molecule has 2 aromatic rings. The molecule has 2 aromatic carbocycles. The zero-order chi connectivity index (χ0) is 22.3. The lowest BCUT2D eigenvalue weighted by Crippen LogP contribution is -2.46. The molecule has 0 radical (unpaired) electrons. The summed E-state index contributed by atoms with van der Waals surface area (Å²) < 4.78 is 30.1. The third kappa shape index (κ3) is 2.73. The van der Waals surface area contributed by atoms with Crippen molar-refractivity contribution in [2.45, 2.75) is 43.1 Å². The van der Waals surface area contributed by atoms with E-state index in [4.69, 9.17) is 0 Å². The summed E-state index contributed by atoms with van der Waals surface area (Å²) in [5, 5.41) is 13.4. The highest BCUT2D eigenvalue weighted by molar-refractivity contribution is 5.88. The van der Waals surface area contributed by atoms with Gasteiger partial charge in [-0.25, -0.2) is 8.78 Å². The molecular weight excluding hydrogens is 412 g/mol. The average molecular weight is 440 g/mol. The van der Waals surface area contributed by atoms with E-state index in [-0.39, 0.29) is 18.7 Å². The van der Waals surface area contributed by atoms with Crippen LogP contribution in [0.1, 0.15) is 37.2 Å². The first-order valence-electron chi connectivity index (χ1n) is 11.3. The third-order valence-electron chi connectivity index (χ3n) is 8.05. The summed E-state index contributed by atoms with van der Waals surface area (Å²) in [4.78, 5) is 16.1. The first-order chi connectivity index (χ1) is 15.3. The fourth-order valence-corrected chi connectivity index (χ4v) is 5.74. The number of nitrogens with one attached hydrogen (secondary N) is 1. The molecule has 5 nitrogen and oxygen atoms in total. The molecule has 2 aliphatic carbocycles. The van der Waals surface area contributed by atoms with Crippen molar-refractivity contribution < 1.29 is 18.7 Å². The quantitative estimate of drug-likeness (QED) is 0.758. The average Bonchev–Trinajstić information content (AvgIpc) is 3.59. The van der Waals surface area contributed by atoms with Crippen LogP contribution in [0.5, 0.6) is 0 Å². The van der Waals surface area contributed by atoms with Crippen LogP contribution in [-0.4, -0.2) is 54.2 Å². The summed E-state index contributed by atoms with van der Waals surface area (Å²) in [5.74, 6) is -3.85. The lowest BCUT2D eigenvalue weighted by molar-refractivity contribution is -0.144. The normalized spacial score (nSPS) is 25.9. The summed E-state index contributed by atoms with van der Waals surface area (Å²) in [6.07, 6.45) is 1.52. The number of benzene rings is 2. The number of hydrogen-bond acceptors (Lipinski definition) is 4. The number of halogens is 2. The molecule has 3 fully saturated rings. The molecule has 4 aliphatic rings. The predicted octanol–water partition coefficient (Wildman–Crippen LogP) is 4.04. The van der Waals surface area contributed by atoms with Crippen molar-refractivity contribution in [3.05, 3.63) is 48.0 Å².